The molecule has 0 radical (unpaired) electrons. The van der Waals surface area contributed by atoms with Crippen LogP contribution in [0.5, 0.6) is 5.75 Å². The monoisotopic (exact) mass is 962 g/mol. The number of benzene rings is 2. The van der Waals surface area contributed by atoms with Crippen molar-refractivity contribution in [3.63, 3.8) is 0 Å². The summed E-state index contributed by atoms with van der Waals surface area (Å²) in [4.78, 5) is 128. The lowest BCUT2D eigenvalue weighted by Gasteiger charge is -2.43. The summed E-state index contributed by atoms with van der Waals surface area (Å²) in [6.45, 7) is 10.2. The highest BCUT2D eigenvalue weighted by Gasteiger charge is 2.45. The molecule has 376 valence electrons. The number of likely N-dealkylation sites (N-methyl/N-ethyl adjacent to an activating group) is 1. The average molecular weight is 963 g/mol. The molecule has 2 aromatic rings. The summed E-state index contributed by atoms with van der Waals surface area (Å²) in [7, 11) is 1.34. The molecule has 0 aromatic heterocycles. The molecule has 8 amide bonds. The maximum Gasteiger partial charge on any atom is 0.329 e. The number of fused-ring (bicyclic) bond motifs is 2. The number of carbonyl (C=O) groups excluding carboxylic acids is 9. The lowest BCUT2D eigenvalue weighted by Crippen LogP contribution is -2.64. The number of aromatic hydroxyl groups is 1. The summed E-state index contributed by atoms with van der Waals surface area (Å²) in [5.74, 6) is -8.80. The Morgan fingerprint density at radius 2 is 1.46 bits per heavy atom. The fourth-order valence-electron chi connectivity index (χ4n) is 7.90. The van der Waals surface area contributed by atoms with Gasteiger partial charge in [-0.15, -0.1) is 0 Å². The number of allylic oxidation sites excluding steroid dienone is 1. The normalized spacial score (nSPS) is 25.1. The van der Waals surface area contributed by atoms with Crippen molar-refractivity contribution in [1.29, 1.82) is 0 Å². The van der Waals surface area contributed by atoms with E-state index in [9.17, 15) is 58.5 Å². The summed E-state index contributed by atoms with van der Waals surface area (Å²) >= 11 is 0. The first kappa shape index (κ1) is 54.7. The summed E-state index contributed by atoms with van der Waals surface area (Å²) < 4.78 is 5.79. The van der Waals surface area contributed by atoms with Crippen LogP contribution < -0.4 is 31.9 Å². The van der Waals surface area contributed by atoms with Gasteiger partial charge in [0.1, 0.15) is 66.1 Å². The van der Waals surface area contributed by atoms with Crippen molar-refractivity contribution >= 4 is 53.2 Å². The molecule has 9 N–H and O–H groups in total. The number of aliphatic hydroxyl groups is 2. The number of esters is 1. The Bertz CT molecular complexity index is 2220. The van der Waals surface area contributed by atoms with Crippen LogP contribution in [0.4, 0.5) is 0 Å². The number of hydrogen-bond acceptors (Lipinski definition) is 13. The molecular weight excluding hydrogens is 897 g/mol. The highest BCUT2D eigenvalue weighted by atomic mass is 16.5. The number of ether oxygens (including phenoxy) is 1. The lowest BCUT2D eigenvalue weighted by molar-refractivity contribution is -0.165. The molecule has 0 aliphatic carbocycles. The van der Waals surface area contributed by atoms with Crippen molar-refractivity contribution in [2.75, 3.05) is 7.05 Å². The molecule has 21 heteroatoms. The Hall–Kier alpha value is -6.87. The number of nitrogens with one attached hydrogen (secondary N) is 6. The van der Waals surface area contributed by atoms with Gasteiger partial charge in [-0.1, -0.05) is 69.3 Å². The molecule has 69 heavy (non-hydrogen) atoms. The van der Waals surface area contributed by atoms with E-state index in [0.29, 0.717) is 17.5 Å². The molecule has 2 aliphatic heterocycles. The molecule has 0 saturated carbocycles. The minimum atomic E-state index is -1.86. The quantitative estimate of drug-likeness (QED) is 0.0910. The van der Waals surface area contributed by atoms with Crippen molar-refractivity contribution in [3.8, 4) is 5.75 Å². The van der Waals surface area contributed by atoms with Crippen LogP contribution in [0.15, 0.2) is 66.4 Å². The number of phenolic OH excluding ortho intramolecular Hbond substituents is 1. The van der Waals surface area contributed by atoms with E-state index in [2.05, 4.69) is 31.9 Å². The van der Waals surface area contributed by atoms with E-state index in [-0.39, 0.29) is 37.9 Å². The summed E-state index contributed by atoms with van der Waals surface area (Å²) in [6, 6.07) is 4.14. The third-order valence-corrected chi connectivity index (χ3v) is 11.9. The van der Waals surface area contributed by atoms with Gasteiger partial charge < -0.3 is 61.8 Å². The zero-order valence-corrected chi connectivity index (χ0v) is 40.2. The number of amides is 8. The van der Waals surface area contributed by atoms with Gasteiger partial charge in [0.25, 0.3) is 11.8 Å². The van der Waals surface area contributed by atoms with Crippen LogP contribution in [0.3, 0.4) is 0 Å². The summed E-state index contributed by atoms with van der Waals surface area (Å²) in [5, 5.41) is 47.1. The van der Waals surface area contributed by atoms with Crippen molar-refractivity contribution in [2.45, 2.75) is 148 Å². The van der Waals surface area contributed by atoms with Crippen molar-refractivity contribution in [1.82, 2.24) is 41.7 Å². The Morgan fingerprint density at radius 1 is 0.841 bits per heavy atom. The number of hydrogen-bond donors (Lipinski definition) is 9. The fourth-order valence-corrected chi connectivity index (χ4v) is 7.90. The van der Waals surface area contributed by atoms with Crippen LogP contribution in [-0.2, 0) is 60.7 Å². The van der Waals surface area contributed by atoms with E-state index in [1.54, 1.807) is 51.1 Å². The average Bonchev–Trinajstić information content (AvgIpc) is 3.30. The van der Waals surface area contributed by atoms with Gasteiger partial charge in [0, 0.05) is 26.3 Å². The Kier molecular flexibility index (Phi) is 19.8. The molecule has 0 unspecified atom stereocenters. The number of phenols is 1. The maximum absolute atomic E-state index is 14.9. The molecule has 2 fully saturated rings. The van der Waals surface area contributed by atoms with Crippen LogP contribution >= 0.6 is 0 Å². The van der Waals surface area contributed by atoms with E-state index in [1.807, 2.05) is 0 Å². The van der Waals surface area contributed by atoms with Crippen LogP contribution in [-0.4, -0.2) is 146 Å². The van der Waals surface area contributed by atoms with Gasteiger partial charge in [-0.3, -0.25) is 38.4 Å². The van der Waals surface area contributed by atoms with Gasteiger partial charge in [-0.05, 0) is 76.1 Å². The van der Waals surface area contributed by atoms with E-state index in [0.717, 1.165) is 9.80 Å². The molecule has 10 atom stereocenters. The Balaban J connectivity index is 1.82. The summed E-state index contributed by atoms with van der Waals surface area (Å²) in [5.41, 5.74) is 0.670. The van der Waals surface area contributed by atoms with Gasteiger partial charge >= 0.3 is 5.97 Å². The zero-order chi connectivity index (χ0) is 51.3. The number of rotatable bonds is 13. The van der Waals surface area contributed by atoms with Gasteiger partial charge in [-0.2, -0.15) is 0 Å². The lowest BCUT2D eigenvalue weighted by atomic mass is 9.95. The third-order valence-electron chi connectivity index (χ3n) is 11.9. The smallest absolute Gasteiger partial charge is 0.329 e. The SMILES string of the molecule is CC=C1NC(=O)[C@@H](NC(=O)[C@@H](NC(=O)[C@H](C)NC(=O)CCC)[C@@H](C)O)[C@@H](C)OC(=O)[C@H](C(C)C)NC(=O)[C@H](Cc2ccc(O)cc2)N(C)C(=O)[C@H](Cc2ccccc2)N2C(=O)[C@H](CC[C@H]2O)NC1=O. The molecule has 2 heterocycles. The molecule has 2 saturated heterocycles. The van der Waals surface area contributed by atoms with Crippen LogP contribution in [0.25, 0.3) is 0 Å². The van der Waals surface area contributed by atoms with Gasteiger partial charge in [0.15, 0.2) is 0 Å². The number of cyclic esters (lactones) is 1. The van der Waals surface area contributed by atoms with E-state index < -0.39 is 126 Å². The van der Waals surface area contributed by atoms with Gasteiger partial charge in [0.05, 0.1) is 6.10 Å². The molecule has 4 rings (SSSR count). The molecule has 0 spiro atoms. The first-order valence-corrected chi connectivity index (χ1v) is 23.0. The highest BCUT2D eigenvalue weighted by molar-refractivity contribution is 6.03. The largest absolute Gasteiger partial charge is 0.508 e. The van der Waals surface area contributed by atoms with Crippen molar-refractivity contribution in [2.24, 2.45) is 5.92 Å². The summed E-state index contributed by atoms with van der Waals surface area (Å²) in [6.07, 6.45) is -3.32. The second kappa shape index (κ2) is 24.9. The Labute approximate surface area is 401 Å². The molecule has 2 bridgehead atoms. The van der Waals surface area contributed by atoms with E-state index in [4.69, 9.17) is 4.74 Å². The third kappa shape index (κ3) is 14.6. The number of nitrogens with zero attached hydrogens (tertiary/aromatic N) is 2. The number of piperidine rings is 1. The minimum Gasteiger partial charge on any atom is -0.508 e. The van der Waals surface area contributed by atoms with Crippen LogP contribution in [0.2, 0.25) is 0 Å². The van der Waals surface area contributed by atoms with Crippen LogP contribution in [0.1, 0.15) is 85.3 Å². The van der Waals surface area contributed by atoms with E-state index in [1.165, 1.54) is 65.1 Å². The fraction of sp³-hybridized carbons (Fsp3) is 0.521. The minimum absolute atomic E-state index is 0.0645. The second-order valence-corrected chi connectivity index (χ2v) is 17.7. The van der Waals surface area contributed by atoms with Crippen LogP contribution in [0, 0.1) is 5.92 Å². The standard InChI is InChI=1S/C48H66N8O13/c1-9-14-36(59)49-26(5)41(61)53-39(27(6)57)44(64)54-40-28(7)69-48(68)38(25(3)4)52-43(63)34(23-30-17-19-31(58)20-18-30)55(8)47(67)35(24-29-15-12-11-13-16-29)56-37(60)22-21-33(46(56)66)51-42(62)32(10-2)50-45(40)65/h10-13,15-20,25-28,33-35,37-40,57-58,60H,9,14,21-24H2,1-8H3,(H,49,59)(H,50,65)(H,51,62)(H,52,63)(H,53,61)(H,54,64)/t26-,27+,28+,33-,34-,35-,37+,38-,39-,40-/m0/s1. The van der Waals surface area contributed by atoms with E-state index >= 15 is 0 Å². The van der Waals surface area contributed by atoms with Crippen molar-refractivity contribution < 1.29 is 63.2 Å². The van der Waals surface area contributed by atoms with Gasteiger partial charge in [0.2, 0.25) is 35.4 Å². The second-order valence-electron chi connectivity index (χ2n) is 17.7. The molecular formula is C48H66N8O13. The van der Waals surface area contributed by atoms with Gasteiger partial charge in [-0.25, -0.2) is 4.79 Å². The molecule has 2 aromatic carbocycles. The maximum atomic E-state index is 14.9. The van der Waals surface area contributed by atoms with Crippen molar-refractivity contribution in [3.05, 3.63) is 77.5 Å². The zero-order valence-electron chi connectivity index (χ0n) is 40.2. The predicted octanol–water partition coefficient (Wildman–Crippen LogP) is -0.440. The Morgan fingerprint density at radius 3 is 2.06 bits per heavy atom. The first-order chi connectivity index (χ1) is 32.6. The number of carbonyl (C=O) groups is 9. The topological polar surface area (TPSA) is 302 Å². The highest BCUT2D eigenvalue weighted by Crippen LogP contribution is 2.25. The number of aliphatic hydroxyl groups excluding tert-OH is 2. The molecule has 21 nitrogen and oxygen atoms in total. The predicted molar refractivity (Wildman–Crippen MR) is 249 cm³/mol. The molecule has 2 aliphatic rings. The first-order valence-electron chi connectivity index (χ1n) is 23.0.